The molecule has 12 heteroatoms. The van der Waals surface area contributed by atoms with Gasteiger partial charge in [-0.3, -0.25) is 0 Å². The molecule has 0 radical (unpaired) electrons. The fraction of sp³-hybridized carbons (Fsp3) is 0.129. The van der Waals surface area contributed by atoms with Crippen LogP contribution in [0.4, 0.5) is 4.79 Å². The summed E-state index contributed by atoms with van der Waals surface area (Å²) in [7, 11) is -8.67. The summed E-state index contributed by atoms with van der Waals surface area (Å²) in [5, 5.41) is 0.137. The molecular formula is C31H28O9P2S. The summed E-state index contributed by atoms with van der Waals surface area (Å²) in [6.45, 7) is 0.620. The Morgan fingerprint density at radius 1 is 0.884 bits per heavy atom. The molecule has 1 aliphatic rings. The topological polar surface area (TPSA) is 155 Å². The van der Waals surface area contributed by atoms with E-state index in [0.29, 0.717) is 12.5 Å². The Balaban J connectivity index is 2.01. The number of carbonyl (C=O) groups is 4. The Labute approximate surface area is 249 Å². The van der Waals surface area contributed by atoms with Crippen LogP contribution in [0.2, 0.25) is 0 Å². The van der Waals surface area contributed by atoms with E-state index < -0.39 is 57.9 Å². The summed E-state index contributed by atoms with van der Waals surface area (Å²) in [4.78, 5) is 70.9. The first kappa shape index (κ1) is 32.0. The predicted octanol–water partition coefficient (Wildman–Crippen LogP) is 4.77. The SMILES string of the molecule is CC(=O)P(C(=O)CCc1ccccc1)(C(=O)Oc1ccccc1)(C(=O)C1C=CC=CC1=[P+]([O-])c1ccccc1)S(=O)(=O)O. The van der Waals surface area contributed by atoms with Crippen LogP contribution >= 0.6 is 13.6 Å². The molecule has 1 aliphatic carbocycles. The summed E-state index contributed by atoms with van der Waals surface area (Å²) in [6.07, 6.45) is 4.34. The zero-order chi connectivity index (χ0) is 31.3. The number of benzene rings is 3. The van der Waals surface area contributed by atoms with E-state index in [0.717, 1.165) is 6.08 Å². The quantitative estimate of drug-likeness (QED) is 0.231. The van der Waals surface area contributed by atoms with Crippen LogP contribution in [0, 0.1) is 5.92 Å². The number of hydrogen-bond acceptors (Lipinski definition) is 8. The molecule has 9 nitrogen and oxygen atoms in total. The van der Waals surface area contributed by atoms with E-state index in [9.17, 15) is 37.0 Å². The van der Waals surface area contributed by atoms with Gasteiger partial charge in [0.15, 0.2) is 0 Å². The molecular weight excluding hydrogens is 610 g/mol. The van der Waals surface area contributed by atoms with Crippen molar-refractivity contribution in [3.63, 3.8) is 0 Å². The second-order valence-corrected chi connectivity index (χ2v) is 19.8. The molecule has 222 valence electrons. The van der Waals surface area contributed by atoms with Crippen molar-refractivity contribution in [1.29, 1.82) is 0 Å². The first-order chi connectivity index (χ1) is 20.5. The van der Waals surface area contributed by atoms with Gasteiger partial charge in [0.25, 0.3) is 0 Å². The number of allylic oxidation sites excluding steroid dienone is 4. The van der Waals surface area contributed by atoms with Crippen molar-refractivity contribution < 1.29 is 41.8 Å². The molecule has 3 aromatic carbocycles. The van der Waals surface area contributed by atoms with E-state index >= 15 is 0 Å². The van der Waals surface area contributed by atoms with Gasteiger partial charge in [-0.15, -0.1) is 0 Å². The van der Waals surface area contributed by atoms with Gasteiger partial charge in [0.05, 0.1) is 0 Å². The Hall–Kier alpha value is -3.91. The van der Waals surface area contributed by atoms with Crippen molar-refractivity contribution in [3.05, 3.63) is 121 Å². The van der Waals surface area contributed by atoms with Gasteiger partial charge in [0.2, 0.25) is 0 Å². The van der Waals surface area contributed by atoms with E-state index in [4.69, 9.17) is 4.74 Å². The molecule has 2 atom stereocenters. The average molecular weight is 639 g/mol. The van der Waals surface area contributed by atoms with E-state index in [2.05, 4.69) is 0 Å². The summed E-state index contributed by atoms with van der Waals surface area (Å²) in [5.74, 6) is -9.12. The molecule has 0 bridgehead atoms. The Kier molecular flexibility index (Phi) is 9.50. The van der Waals surface area contributed by atoms with Crippen LogP contribution in [0.15, 0.2) is 115 Å². The van der Waals surface area contributed by atoms with Crippen LogP contribution in [0.3, 0.4) is 0 Å². The van der Waals surface area contributed by atoms with Gasteiger partial charge < -0.3 is 0 Å². The van der Waals surface area contributed by atoms with Crippen molar-refractivity contribution in [2.45, 2.75) is 19.8 Å². The number of hydrogen-bond donors (Lipinski definition) is 1. The third-order valence-corrected chi connectivity index (χ3v) is 19.2. The van der Waals surface area contributed by atoms with Crippen molar-refractivity contribution in [2.75, 3.05) is 0 Å². The monoisotopic (exact) mass is 638 g/mol. The summed E-state index contributed by atoms with van der Waals surface area (Å²) >= 11 is 0. The standard InChI is InChI=1S/C31H28O9P2S/c1-23(32)42(43(37,38)39,31(35)40-25-15-7-3-8-16-25,29(33)22-21-24-13-5-2-6-14-24)30(34)27-19-11-12-20-28(27)41(36)26-17-9-4-10-18-26/h2-20,27H,21-22H2,1H3,(H,37,38,39). The van der Waals surface area contributed by atoms with Crippen LogP contribution in [0.5, 0.6) is 5.75 Å². The zero-order valence-electron chi connectivity index (χ0n) is 23.0. The fourth-order valence-corrected chi connectivity index (χ4v) is 14.3. The van der Waals surface area contributed by atoms with Crippen LogP contribution in [0.1, 0.15) is 18.9 Å². The molecule has 3 aromatic rings. The van der Waals surface area contributed by atoms with Gasteiger partial charge in [-0.2, -0.15) is 0 Å². The van der Waals surface area contributed by atoms with Crippen LogP contribution < -0.4 is 14.9 Å². The van der Waals surface area contributed by atoms with Gasteiger partial charge in [-0.1, -0.05) is 0 Å². The summed E-state index contributed by atoms with van der Waals surface area (Å²) in [5.41, 5.74) is -6.29. The van der Waals surface area contributed by atoms with Gasteiger partial charge in [-0.05, 0) is 0 Å². The van der Waals surface area contributed by atoms with Crippen LogP contribution in [-0.4, -0.2) is 40.5 Å². The van der Waals surface area contributed by atoms with Gasteiger partial charge >= 0.3 is 250 Å². The molecule has 1 N–H and O–H groups in total. The van der Waals surface area contributed by atoms with E-state index in [1.807, 2.05) is 0 Å². The molecule has 0 heterocycles. The minimum atomic E-state index is -7.07. The average Bonchev–Trinajstić information content (AvgIpc) is 3.00. The van der Waals surface area contributed by atoms with Gasteiger partial charge in [0, 0.05) is 0 Å². The zero-order valence-corrected chi connectivity index (χ0v) is 25.6. The minimum absolute atomic E-state index is 0.143. The molecule has 0 amide bonds. The number of aryl methyl sites for hydroxylation is 1. The van der Waals surface area contributed by atoms with Crippen molar-refractivity contribution >= 4 is 56.2 Å². The maximum absolute atomic E-state index is 14.8. The Morgan fingerprint density at radius 2 is 1.44 bits per heavy atom. The van der Waals surface area contributed by atoms with Crippen LogP contribution in [0.25, 0.3) is 0 Å². The molecule has 0 spiro atoms. The third-order valence-electron chi connectivity index (χ3n) is 7.22. The molecule has 0 aromatic heterocycles. The molecule has 0 aliphatic heterocycles. The fourth-order valence-electron chi connectivity index (χ4n) is 4.97. The Morgan fingerprint density at radius 3 is 2.00 bits per heavy atom. The van der Waals surface area contributed by atoms with Gasteiger partial charge in [0.1, 0.15) is 0 Å². The normalized spacial score (nSPS) is 16.9. The predicted molar refractivity (Wildman–Crippen MR) is 166 cm³/mol. The summed E-state index contributed by atoms with van der Waals surface area (Å²) < 4.78 is 43.6. The Bertz CT molecular complexity index is 1770. The van der Waals surface area contributed by atoms with E-state index in [1.54, 1.807) is 54.6 Å². The molecule has 2 unspecified atom stereocenters. The first-order valence-electron chi connectivity index (χ1n) is 13.1. The number of rotatable bonds is 11. The molecule has 0 saturated heterocycles. The molecule has 4 rings (SSSR count). The molecule has 0 fully saturated rings. The second-order valence-electron chi connectivity index (χ2n) is 9.68. The molecule has 0 saturated carbocycles. The maximum atomic E-state index is 14.8. The second kappa shape index (κ2) is 12.8. The first-order valence-corrected chi connectivity index (χ1v) is 18.6. The van der Waals surface area contributed by atoms with Gasteiger partial charge in [-0.25, -0.2) is 0 Å². The molecule has 43 heavy (non-hydrogen) atoms. The summed E-state index contributed by atoms with van der Waals surface area (Å²) in [6, 6.07) is 23.3. The number of ether oxygens (including phenoxy) is 1. The van der Waals surface area contributed by atoms with E-state index in [1.165, 1.54) is 54.6 Å². The van der Waals surface area contributed by atoms with Crippen molar-refractivity contribution in [2.24, 2.45) is 5.92 Å². The third kappa shape index (κ3) is 5.37. The number of carbonyl (C=O) groups excluding carboxylic acids is 4. The van der Waals surface area contributed by atoms with Crippen molar-refractivity contribution in [1.82, 2.24) is 0 Å². The van der Waals surface area contributed by atoms with E-state index in [-0.39, 0.29) is 22.8 Å². The van der Waals surface area contributed by atoms with Crippen LogP contribution in [-0.2, 0) is 30.5 Å². The number of para-hydroxylation sites is 1. The van der Waals surface area contributed by atoms with Crippen molar-refractivity contribution in [3.8, 4) is 5.75 Å².